The molecule has 3 nitrogen and oxygen atoms in total. The standard InChI is InChI=1S/C12H13F2N3/c13-11-3-2-9(6-12(11)14)10-7-16-17(8-10)5-1-4-15/h2-3,6-8H,1,4-5,15H2. The molecule has 2 N–H and O–H groups in total. The molecular formula is C12H13F2N3. The Kier molecular flexibility index (Phi) is 3.49. The summed E-state index contributed by atoms with van der Waals surface area (Å²) in [6.07, 6.45) is 4.25. The Morgan fingerprint density at radius 3 is 2.71 bits per heavy atom. The summed E-state index contributed by atoms with van der Waals surface area (Å²) >= 11 is 0. The lowest BCUT2D eigenvalue weighted by molar-refractivity contribution is 0.509. The number of nitrogens with two attached hydrogens (primary N) is 1. The van der Waals surface area contributed by atoms with Crippen molar-refractivity contribution in [1.29, 1.82) is 0 Å². The number of aryl methyl sites for hydroxylation is 1. The van der Waals surface area contributed by atoms with Gasteiger partial charge in [0, 0.05) is 18.3 Å². The number of hydrogen-bond donors (Lipinski definition) is 1. The van der Waals surface area contributed by atoms with Gasteiger partial charge in [-0.05, 0) is 30.7 Å². The predicted molar refractivity (Wildman–Crippen MR) is 61.3 cm³/mol. The van der Waals surface area contributed by atoms with Gasteiger partial charge in [-0.15, -0.1) is 0 Å². The lowest BCUT2D eigenvalue weighted by atomic mass is 10.1. The van der Waals surface area contributed by atoms with Crippen LogP contribution >= 0.6 is 0 Å². The monoisotopic (exact) mass is 237 g/mol. The molecule has 0 atom stereocenters. The molecule has 0 amide bonds. The van der Waals surface area contributed by atoms with E-state index in [1.54, 1.807) is 17.1 Å². The molecule has 1 aromatic carbocycles. The molecular weight excluding hydrogens is 224 g/mol. The summed E-state index contributed by atoms with van der Waals surface area (Å²) < 4.78 is 27.6. The second-order valence-corrected chi connectivity index (χ2v) is 3.76. The number of nitrogens with zero attached hydrogens (tertiary/aromatic N) is 2. The van der Waals surface area contributed by atoms with E-state index in [4.69, 9.17) is 5.73 Å². The first-order valence-corrected chi connectivity index (χ1v) is 5.38. The van der Waals surface area contributed by atoms with E-state index in [-0.39, 0.29) is 0 Å². The highest BCUT2D eigenvalue weighted by atomic mass is 19.2. The molecule has 0 aliphatic heterocycles. The number of benzene rings is 1. The number of halogens is 2. The predicted octanol–water partition coefficient (Wildman–Crippen LogP) is 2.18. The zero-order valence-corrected chi connectivity index (χ0v) is 9.24. The van der Waals surface area contributed by atoms with Crippen LogP contribution in [0.25, 0.3) is 11.1 Å². The zero-order valence-electron chi connectivity index (χ0n) is 9.24. The van der Waals surface area contributed by atoms with E-state index in [9.17, 15) is 8.78 Å². The molecule has 0 aliphatic rings. The topological polar surface area (TPSA) is 43.8 Å². The van der Waals surface area contributed by atoms with Gasteiger partial charge in [0.25, 0.3) is 0 Å². The van der Waals surface area contributed by atoms with Crippen LogP contribution in [0.5, 0.6) is 0 Å². The molecule has 0 saturated carbocycles. The quantitative estimate of drug-likeness (QED) is 0.885. The first-order valence-electron chi connectivity index (χ1n) is 5.38. The highest BCUT2D eigenvalue weighted by molar-refractivity contribution is 5.61. The molecule has 0 radical (unpaired) electrons. The van der Waals surface area contributed by atoms with Gasteiger partial charge < -0.3 is 5.73 Å². The first kappa shape index (κ1) is 11.7. The molecule has 0 saturated heterocycles. The maximum absolute atomic E-state index is 13.1. The van der Waals surface area contributed by atoms with Crippen molar-refractivity contribution in [1.82, 2.24) is 9.78 Å². The van der Waals surface area contributed by atoms with E-state index in [1.807, 2.05) is 0 Å². The van der Waals surface area contributed by atoms with Gasteiger partial charge in [-0.1, -0.05) is 6.07 Å². The van der Waals surface area contributed by atoms with Crippen molar-refractivity contribution in [2.24, 2.45) is 5.73 Å². The van der Waals surface area contributed by atoms with Crippen LogP contribution in [0.15, 0.2) is 30.6 Å². The van der Waals surface area contributed by atoms with Crippen molar-refractivity contribution < 1.29 is 8.78 Å². The van der Waals surface area contributed by atoms with Crippen LogP contribution in [0.3, 0.4) is 0 Å². The summed E-state index contributed by atoms with van der Waals surface area (Å²) in [6.45, 7) is 1.32. The molecule has 17 heavy (non-hydrogen) atoms. The number of aromatic nitrogens is 2. The minimum atomic E-state index is -0.850. The second-order valence-electron chi connectivity index (χ2n) is 3.76. The summed E-state index contributed by atoms with van der Waals surface area (Å²) in [6, 6.07) is 3.81. The molecule has 0 unspecified atom stereocenters. The van der Waals surface area contributed by atoms with Crippen LogP contribution in [0, 0.1) is 11.6 Å². The van der Waals surface area contributed by atoms with Crippen LogP contribution in [0.1, 0.15) is 6.42 Å². The van der Waals surface area contributed by atoms with Gasteiger partial charge in [0.05, 0.1) is 6.20 Å². The summed E-state index contributed by atoms with van der Waals surface area (Å²) in [5.74, 6) is -1.69. The minimum Gasteiger partial charge on any atom is -0.330 e. The Labute approximate surface area is 97.9 Å². The molecule has 2 rings (SSSR count). The Hall–Kier alpha value is -1.75. The SMILES string of the molecule is NCCCn1cc(-c2ccc(F)c(F)c2)cn1. The van der Waals surface area contributed by atoms with E-state index in [1.165, 1.54) is 12.1 Å². The van der Waals surface area contributed by atoms with Crippen LogP contribution < -0.4 is 5.73 Å². The third kappa shape index (κ3) is 2.68. The van der Waals surface area contributed by atoms with Crippen molar-refractivity contribution in [3.8, 4) is 11.1 Å². The van der Waals surface area contributed by atoms with Gasteiger partial charge >= 0.3 is 0 Å². The highest BCUT2D eigenvalue weighted by Gasteiger charge is 2.06. The van der Waals surface area contributed by atoms with E-state index < -0.39 is 11.6 Å². The second kappa shape index (κ2) is 5.05. The molecule has 2 aromatic rings. The van der Waals surface area contributed by atoms with Crippen molar-refractivity contribution in [3.05, 3.63) is 42.2 Å². The average Bonchev–Trinajstić information content (AvgIpc) is 2.79. The third-order valence-electron chi connectivity index (χ3n) is 2.48. The van der Waals surface area contributed by atoms with E-state index in [0.29, 0.717) is 12.1 Å². The van der Waals surface area contributed by atoms with Crippen LogP contribution in [0.2, 0.25) is 0 Å². The van der Waals surface area contributed by atoms with Gasteiger partial charge in [0.1, 0.15) is 0 Å². The minimum absolute atomic E-state index is 0.598. The van der Waals surface area contributed by atoms with Gasteiger partial charge in [0.2, 0.25) is 0 Å². The Balaban J connectivity index is 2.21. The summed E-state index contributed by atoms with van der Waals surface area (Å²) in [5, 5.41) is 4.13. The van der Waals surface area contributed by atoms with E-state index in [0.717, 1.165) is 24.6 Å². The molecule has 90 valence electrons. The molecule has 0 bridgehead atoms. The van der Waals surface area contributed by atoms with Gasteiger partial charge in [0.15, 0.2) is 11.6 Å². The highest BCUT2D eigenvalue weighted by Crippen LogP contribution is 2.20. The van der Waals surface area contributed by atoms with Gasteiger partial charge in [-0.3, -0.25) is 4.68 Å². The Morgan fingerprint density at radius 2 is 2.00 bits per heavy atom. The van der Waals surface area contributed by atoms with Crippen molar-refractivity contribution in [2.45, 2.75) is 13.0 Å². The van der Waals surface area contributed by atoms with E-state index >= 15 is 0 Å². The fourth-order valence-corrected chi connectivity index (χ4v) is 1.56. The number of hydrogen-bond acceptors (Lipinski definition) is 2. The Bertz CT molecular complexity index is 508. The zero-order chi connectivity index (χ0) is 12.3. The fraction of sp³-hybridized carbons (Fsp3) is 0.250. The molecule has 0 spiro atoms. The lowest BCUT2D eigenvalue weighted by Crippen LogP contribution is -2.05. The molecule has 5 heteroatoms. The van der Waals surface area contributed by atoms with Crippen LogP contribution in [-0.2, 0) is 6.54 Å². The van der Waals surface area contributed by atoms with Crippen molar-refractivity contribution >= 4 is 0 Å². The third-order valence-corrected chi connectivity index (χ3v) is 2.48. The van der Waals surface area contributed by atoms with Gasteiger partial charge in [-0.2, -0.15) is 5.10 Å². The normalized spacial score (nSPS) is 10.8. The molecule has 0 aliphatic carbocycles. The smallest absolute Gasteiger partial charge is 0.159 e. The Morgan fingerprint density at radius 1 is 1.18 bits per heavy atom. The summed E-state index contributed by atoms with van der Waals surface area (Å²) in [4.78, 5) is 0. The fourth-order valence-electron chi connectivity index (χ4n) is 1.56. The number of rotatable bonds is 4. The maximum atomic E-state index is 13.1. The molecule has 1 heterocycles. The van der Waals surface area contributed by atoms with Crippen LogP contribution in [0.4, 0.5) is 8.78 Å². The maximum Gasteiger partial charge on any atom is 0.159 e. The first-order chi connectivity index (χ1) is 8.20. The van der Waals surface area contributed by atoms with Crippen LogP contribution in [-0.4, -0.2) is 16.3 Å². The molecule has 1 aromatic heterocycles. The van der Waals surface area contributed by atoms with Gasteiger partial charge in [-0.25, -0.2) is 8.78 Å². The largest absolute Gasteiger partial charge is 0.330 e. The lowest BCUT2D eigenvalue weighted by Gasteiger charge is -1.99. The summed E-state index contributed by atoms with van der Waals surface area (Å²) in [5.41, 5.74) is 6.78. The summed E-state index contributed by atoms with van der Waals surface area (Å²) in [7, 11) is 0. The van der Waals surface area contributed by atoms with Crippen molar-refractivity contribution in [2.75, 3.05) is 6.54 Å². The average molecular weight is 237 g/mol. The molecule has 0 fully saturated rings. The van der Waals surface area contributed by atoms with E-state index in [2.05, 4.69) is 5.10 Å². The van der Waals surface area contributed by atoms with Crippen molar-refractivity contribution in [3.63, 3.8) is 0 Å².